The molecule has 0 spiro atoms. The van der Waals surface area contributed by atoms with Crippen LogP contribution in [0, 0.1) is 11.7 Å². The molecule has 0 amide bonds. The van der Waals surface area contributed by atoms with Crippen LogP contribution < -0.4 is 5.32 Å². The molecule has 1 N–H and O–H groups in total. The van der Waals surface area contributed by atoms with E-state index in [4.69, 9.17) is 0 Å². The van der Waals surface area contributed by atoms with Crippen LogP contribution in [0.15, 0.2) is 22.7 Å². The molecule has 0 heterocycles. The van der Waals surface area contributed by atoms with E-state index < -0.39 is 0 Å². The van der Waals surface area contributed by atoms with Gasteiger partial charge < -0.3 is 5.32 Å². The highest BCUT2D eigenvalue weighted by Gasteiger charge is 2.15. The van der Waals surface area contributed by atoms with Crippen molar-refractivity contribution >= 4 is 15.9 Å². The van der Waals surface area contributed by atoms with Gasteiger partial charge in [-0.05, 0) is 44.0 Å². The molecule has 0 radical (unpaired) electrons. The Kier molecular flexibility index (Phi) is 5.19. The van der Waals surface area contributed by atoms with Crippen molar-refractivity contribution in [3.05, 3.63) is 34.1 Å². The topological polar surface area (TPSA) is 12.0 Å². The molecular weight excluding hydrogens is 293 g/mol. The summed E-state index contributed by atoms with van der Waals surface area (Å²) in [6, 6.07) is 5.20. The molecule has 1 fully saturated rings. The van der Waals surface area contributed by atoms with Crippen LogP contribution in [-0.2, 0) is 0 Å². The number of halogens is 2. The van der Waals surface area contributed by atoms with Gasteiger partial charge in [-0.15, -0.1) is 0 Å². The second-order valence-corrected chi connectivity index (χ2v) is 6.20. The van der Waals surface area contributed by atoms with Crippen LogP contribution >= 0.6 is 15.9 Å². The summed E-state index contributed by atoms with van der Waals surface area (Å²) in [5, 5.41) is 3.43. The van der Waals surface area contributed by atoms with Crippen molar-refractivity contribution in [3.63, 3.8) is 0 Å². The average molecular weight is 314 g/mol. The van der Waals surface area contributed by atoms with E-state index in [1.165, 1.54) is 38.2 Å². The fourth-order valence-corrected chi connectivity index (χ4v) is 3.14. The minimum atomic E-state index is -0.126. The SMILES string of the molecule is CC(NCCC1CCCC1)c1cc(Br)ccc1F. The molecule has 1 unspecified atom stereocenters. The molecule has 0 aromatic heterocycles. The van der Waals surface area contributed by atoms with Crippen LogP contribution in [0.4, 0.5) is 4.39 Å². The third-order valence-corrected chi connectivity index (χ3v) is 4.40. The van der Waals surface area contributed by atoms with Gasteiger partial charge in [0.05, 0.1) is 0 Å². The van der Waals surface area contributed by atoms with Crippen molar-refractivity contribution in [2.24, 2.45) is 5.92 Å². The second-order valence-electron chi connectivity index (χ2n) is 5.28. The number of hydrogen-bond acceptors (Lipinski definition) is 1. The quantitative estimate of drug-likeness (QED) is 0.821. The maximum absolute atomic E-state index is 13.7. The number of benzene rings is 1. The van der Waals surface area contributed by atoms with E-state index in [0.29, 0.717) is 0 Å². The molecule has 1 aliphatic rings. The van der Waals surface area contributed by atoms with E-state index in [0.717, 1.165) is 22.5 Å². The normalized spacial score (nSPS) is 18.2. The first kappa shape index (κ1) is 14.0. The molecule has 18 heavy (non-hydrogen) atoms. The summed E-state index contributed by atoms with van der Waals surface area (Å²) in [6.07, 6.45) is 6.75. The maximum atomic E-state index is 13.7. The van der Waals surface area contributed by atoms with Gasteiger partial charge in [-0.2, -0.15) is 0 Å². The van der Waals surface area contributed by atoms with E-state index in [9.17, 15) is 4.39 Å². The van der Waals surface area contributed by atoms with Crippen LogP contribution in [-0.4, -0.2) is 6.54 Å². The monoisotopic (exact) mass is 313 g/mol. The van der Waals surface area contributed by atoms with Crippen molar-refractivity contribution in [2.75, 3.05) is 6.54 Å². The second kappa shape index (κ2) is 6.67. The van der Waals surface area contributed by atoms with E-state index >= 15 is 0 Å². The Morgan fingerprint density at radius 3 is 2.83 bits per heavy atom. The summed E-state index contributed by atoms with van der Waals surface area (Å²) in [5.41, 5.74) is 0.746. The van der Waals surface area contributed by atoms with Crippen LogP contribution in [0.3, 0.4) is 0 Å². The lowest BCUT2D eigenvalue weighted by atomic mass is 10.0. The first-order chi connectivity index (χ1) is 8.66. The van der Waals surface area contributed by atoms with Crippen molar-refractivity contribution in [3.8, 4) is 0 Å². The van der Waals surface area contributed by atoms with E-state index in [1.54, 1.807) is 6.07 Å². The number of rotatable bonds is 5. The van der Waals surface area contributed by atoms with Crippen molar-refractivity contribution < 1.29 is 4.39 Å². The lowest BCUT2D eigenvalue weighted by Crippen LogP contribution is -2.22. The largest absolute Gasteiger partial charge is 0.310 e. The molecule has 1 nitrogen and oxygen atoms in total. The van der Waals surface area contributed by atoms with Crippen LogP contribution in [0.1, 0.15) is 50.6 Å². The average Bonchev–Trinajstić information content (AvgIpc) is 2.85. The minimum Gasteiger partial charge on any atom is -0.310 e. The first-order valence-electron chi connectivity index (χ1n) is 6.85. The fraction of sp³-hybridized carbons (Fsp3) is 0.600. The van der Waals surface area contributed by atoms with Gasteiger partial charge in [0.25, 0.3) is 0 Å². The Hall–Kier alpha value is -0.410. The van der Waals surface area contributed by atoms with Gasteiger partial charge in [-0.3, -0.25) is 0 Å². The first-order valence-corrected chi connectivity index (χ1v) is 7.64. The highest BCUT2D eigenvalue weighted by molar-refractivity contribution is 9.10. The molecule has 1 atom stereocenters. The highest BCUT2D eigenvalue weighted by Crippen LogP contribution is 2.27. The van der Waals surface area contributed by atoms with Crippen LogP contribution in [0.25, 0.3) is 0 Å². The van der Waals surface area contributed by atoms with E-state index in [-0.39, 0.29) is 11.9 Å². The zero-order chi connectivity index (χ0) is 13.0. The molecule has 1 aromatic carbocycles. The summed E-state index contributed by atoms with van der Waals surface area (Å²) < 4.78 is 14.6. The summed E-state index contributed by atoms with van der Waals surface area (Å²) in [6.45, 7) is 3.01. The molecule has 1 aliphatic carbocycles. The lowest BCUT2D eigenvalue weighted by molar-refractivity contribution is 0.448. The molecule has 0 saturated heterocycles. The predicted octanol–water partition coefficient (Wildman–Crippen LogP) is 4.82. The van der Waals surface area contributed by atoms with Gasteiger partial charge in [0.15, 0.2) is 0 Å². The van der Waals surface area contributed by atoms with E-state index in [2.05, 4.69) is 21.2 Å². The number of nitrogens with one attached hydrogen (secondary N) is 1. The standard InChI is InChI=1S/C15H21BrFN/c1-11(14-10-13(16)6-7-15(14)17)18-9-8-12-4-2-3-5-12/h6-7,10-12,18H,2-5,8-9H2,1H3. The van der Waals surface area contributed by atoms with Gasteiger partial charge in [-0.1, -0.05) is 41.6 Å². The molecule has 0 bridgehead atoms. The summed E-state index contributed by atoms with van der Waals surface area (Å²) in [7, 11) is 0. The Labute approximate surface area is 117 Å². The van der Waals surface area contributed by atoms with Crippen molar-refractivity contribution in [1.82, 2.24) is 5.32 Å². The lowest BCUT2D eigenvalue weighted by Gasteiger charge is -2.17. The number of hydrogen-bond donors (Lipinski definition) is 1. The van der Waals surface area contributed by atoms with Gasteiger partial charge >= 0.3 is 0 Å². The zero-order valence-corrected chi connectivity index (χ0v) is 12.5. The Balaban J connectivity index is 1.83. The Bertz CT molecular complexity index is 388. The fourth-order valence-electron chi connectivity index (χ4n) is 2.76. The van der Waals surface area contributed by atoms with Crippen LogP contribution in [0.5, 0.6) is 0 Å². The smallest absolute Gasteiger partial charge is 0.128 e. The molecule has 100 valence electrons. The third-order valence-electron chi connectivity index (χ3n) is 3.90. The third kappa shape index (κ3) is 3.79. The molecule has 2 rings (SSSR count). The maximum Gasteiger partial charge on any atom is 0.128 e. The molecule has 1 aromatic rings. The summed E-state index contributed by atoms with van der Waals surface area (Å²) in [4.78, 5) is 0. The summed E-state index contributed by atoms with van der Waals surface area (Å²) in [5.74, 6) is 0.760. The molecule has 0 aliphatic heterocycles. The molecule has 1 saturated carbocycles. The predicted molar refractivity (Wildman–Crippen MR) is 77.1 cm³/mol. The van der Waals surface area contributed by atoms with Gasteiger partial charge in [0.1, 0.15) is 5.82 Å². The van der Waals surface area contributed by atoms with Gasteiger partial charge in [0.2, 0.25) is 0 Å². The highest BCUT2D eigenvalue weighted by atomic mass is 79.9. The Morgan fingerprint density at radius 2 is 2.11 bits per heavy atom. The van der Waals surface area contributed by atoms with Crippen molar-refractivity contribution in [2.45, 2.75) is 45.1 Å². The van der Waals surface area contributed by atoms with Crippen molar-refractivity contribution in [1.29, 1.82) is 0 Å². The van der Waals surface area contributed by atoms with Gasteiger partial charge in [0, 0.05) is 16.1 Å². The van der Waals surface area contributed by atoms with E-state index in [1.807, 2.05) is 13.0 Å². The summed E-state index contributed by atoms with van der Waals surface area (Å²) >= 11 is 3.39. The molecular formula is C15H21BrFN. The molecule has 3 heteroatoms. The zero-order valence-electron chi connectivity index (χ0n) is 10.9. The van der Waals surface area contributed by atoms with Gasteiger partial charge in [-0.25, -0.2) is 4.39 Å². The minimum absolute atomic E-state index is 0.0731. The Morgan fingerprint density at radius 1 is 1.39 bits per heavy atom. The van der Waals surface area contributed by atoms with Crippen LogP contribution in [0.2, 0.25) is 0 Å².